The molecule has 1 aromatic heterocycles. The zero-order chi connectivity index (χ0) is 12.0. The van der Waals surface area contributed by atoms with Crippen LogP contribution in [0.5, 0.6) is 0 Å². The Morgan fingerprint density at radius 1 is 1.29 bits per heavy atom. The number of anilines is 1. The van der Waals surface area contributed by atoms with Gasteiger partial charge in [-0.15, -0.1) is 5.10 Å². The minimum absolute atomic E-state index is 0.0681. The monoisotopic (exact) mass is 233 g/mol. The van der Waals surface area contributed by atoms with E-state index in [0.717, 1.165) is 31.1 Å². The van der Waals surface area contributed by atoms with E-state index in [0.29, 0.717) is 12.1 Å². The Balaban J connectivity index is 1.81. The second-order valence-corrected chi connectivity index (χ2v) is 6.02. The van der Waals surface area contributed by atoms with Gasteiger partial charge in [-0.1, -0.05) is 20.8 Å². The molecule has 0 spiro atoms. The van der Waals surface area contributed by atoms with Gasteiger partial charge in [0.05, 0.1) is 24.4 Å². The van der Waals surface area contributed by atoms with Crippen molar-refractivity contribution in [2.75, 3.05) is 18.1 Å². The summed E-state index contributed by atoms with van der Waals surface area (Å²) >= 11 is 0. The molecule has 0 radical (unpaired) electrons. The number of hydrogen-bond acceptors (Lipinski definition) is 4. The Morgan fingerprint density at radius 3 is 2.59 bits per heavy atom. The zero-order valence-electron chi connectivity index (χ0n) is 10.7. The van der Waals surface area contributed by atoms with Crippen molar-refractivity contribution in [2.24, 2.45) is 0 Å². The summed E-state index contributed by atoms with van der Waals surface area (Å²) in [6.45, 7) is 8.27. The maximum absolute atomic E-state index is 5.59. The van der Waals surface area contributed by atoms with Crippen LogP contribution in [0.2, 0.25) is 0 Å². The highest BCUT2D eigenvalue weighted by Crippen LogP contribution is 2.31. The molecule has 0 saturated carbocycles. The number of nitrogens with zero attached hydrogens (tertiary/aromatic N) is 3. The van der Waals surface area contributed by atoms with Gasteiger partial charge in [-0.25, -0.2) is 0 Å². The number of ether oxygens (including phenoxy) is 1. The van der Waals surface area contributed by atoms with Gasteiger partial charge < -0.3 is 9.64 Å². The molecule has 0 amide bonds. The lowest BCUT2D eigenvalue weighted by atomic mass is 9.92. The summed E-state index contributed by atoms with van der Waals surface area (Å²) in [4.78, 5) is 2.33. The molecular formula is C13H19N3O. The highest BCUT2D eigenvalue weighted by atomic mass is 16.5. The first-order chi connectivity index (χ1) is 8.04. The van der Waals surface area contributed by atoms with Crippen LogP contribution in [-0.2, 0) is 10.2 Å². The van der Waals surface area contributed by atoms with Gasteiger partial charge in [-0.3, -0.25) is 0 Å². The minimum atomic E-state index is 0.0681. The molecule has 2 unspecified atom stereocenters. The minimum Gasteiger partial charge on any atom is -0.374 e. The van der Waals surface area contributed by atoms with Gasteiger partial charge in [-0.05, 0) is 18.6 Å². The summed E-state index contributed by atoms with van der Waals surface area (Å²) < 4.78 is 5.59. The van der Waals surface area contributed by atoms with Crippen molar-refractivity contribution in [3.8, 4) is 0 Å². The van der Waals surface area contributed by atoms with Crippen molar-refractivity contribution in [2.45, 2.75) is 44.8 Å². The predicted octanol–water partition coefficient (Wildman–Crippen LogP) is 1.75. The Labute approximate surface area is 102 Å². The fourth-order valence-electron chi connectivity index (χ4n) is 2.56. The molecular weight excluding hydrogens is 214 g/mol. The molecule has 2 aliphatic heterocycles. The van der Waals surface area contributed by atoms with Gasteiger partial charge in [0.1, 0.15) is 0 Å². The number of fused-ring (bicyclic) bond motifs is 2. The molecule has 4 nitrogen and oxygen atoms in total. The van der Waals surface area contributed by atoms with E-state index in [9.17, 15) is 0 Å². The summed E-state index contributed by atoms with van der Waals surface area (Å²) in [5.41, 5.74) is 1.11. The van der Waals surface area contributed by atoms with Gasteiger partial charge >= 0.3 is 0 Å². The molecule has 2 saturated heterocycles. The topological polar surface area (TPSA) is 38.2 Å². The van der Waals surface area contributed by atoms with E-state index in [1.807, 2.05) is 0 Å². The standard InChI is InChI=1S/C13H19N3O/c1-13(2,3)11-4-5-12(15-14-11)16-7-10-6-9(16)8-17-10/h4-5,9-10H,6-8H2,1-3H3. The lowest BCUT2D eigenvalue weighted by Crippen LogP contribution is -2.37. The molecule has 3 rings (SSSR count). The molecule has 1 aromatic rings. The van der Waals surface area contributed by atoms with E-state index >= 15 is 0 Å². The molecule has 92 valence electrons. The Morgan fingerprint density at radius 2 is 2.12 bits per heavy atom. The van der Waals surface area contributed by atoms with Crippen LogP contribution in [0.3, 0.4) is 0 Å². The van der Waals surface area contributed by atoms with Crippen LogP contribution in [0.4, 0.5) is 5.82 Å². The van der Waals surface area contributed by atoms with Gasteiger partial charge in [0, 0.05) is 12.0 Å². The average molecular weight is 233 g/mol. The third kappa shape index (κ3) is 1.90. The first-order valence-corrected chi connectivity index (χ1v) is 6.26. The number of morpholine rings is 1. The smallest absolute Gasteiger partial charge is 0.151 e. The van der Waals surface area contributed by atoms with Crippen LogP contribution in [0.1, 0.15) is 32.9 Å². The van der Waals surface area contributed by atoms with Gasteiger partial charge in [-0.2, -0.15) is 5.10 Å². The molecule has 0 aromatic carbocycles. The Hall–Kier alpha value is -1.16. The van der Waals surface area contributed by atoms with E-state index in [-0.39, 0.29) is 5.41 Å². The predicted molar refractivity (Wildman–Crippen MR) is 66.2 cm³/mol. The van der Waals surface area contributed by atoms with Crippen molar-refractivity contribution in [3.05, 3.63) is 17.8 Å². The second-order valence-electron chi connectivity index (χ2n) is 6.02. The van der Waals surface area contributed by atoms with Crippen molar-refractivity contribution in [1.82, 2.24) is 10.2 Å². The van der Waals surface area contributed by atoms with Crippen molar-refractivity contribution in [1.29, 1.82) is 0 Å². The molecule has 17 heavy (non-hydrogen) atoms. The zero-order valence-corrected chi connectivity index (χ0v) is 10.7. The van der Waals surface area contributed by atoms with E-state index in [2.05, 4.69) is 48.0 Å². The number of rotatable bonds is 1. The summed E-state index contributed by atoms with van der Waals surface area (Å²) in [7, 11) is 0. The molecule has 3 heterocycles. The van der Waals surface area contributed by atoms with Gasteiger partial charge in [0.25, 0.3) is 0 Å². The quantitative estimate of drug-likeness (QED) is 0.740. The highest BCUT2D eigenvalue weighted by molar-refractivity contribution is 5.42. The van der Waals surface area contributed by atoms with E-state index in [1.54, 1.807) is 0 Å². The first-order valence-electron chi connectivity index (χ1n) is 6.26. The lowest BCUT2D eigenvalue weighted by Gasteiger charge is -2.27. The van der Waals surface area contributed by atoms with Crippen LogP contribution in [0.15, 0.2) is 12.1 Å². The van der Waals surface area contributed by atoms with Crippen molar-refractivity contribution < 1.29 is 4.74 Å². The van der Waals surface area contributed by atoms with E-state index < -0.39 is 0 Å². The average Bonchev–Trinajstić information content (AvgIpc) is 2.89. The summed E-state index contributed by atoms with van der Waals surface area (Å²) in [6.07, 6.45) is 1.55. The van der Waals surface area contributed by atoms with Crippen LogP contribution >= 0.6 is 0 Å². The Kier molecular flexibility index (Phi) is 2.36. The molecule has 2 bridgehead atoms. The maximum Gasteiger partial charge on any atom is 0.151 e. The van der Waals surface area contributed by atoms with Crippen LogP contribution in [0.25, 0.3) is 0 Å². The van der Waals surface area contributed by atoms with Gasteiger partial charge in [0.15, 0.2) is 5.82 Å². The van der Waals surface area contributed by atoms with E-state index in [1.165, 1.54) is 0 Å². The largest absolute Gasteiger partial charge is 0.374 e. The molecule has 2 aliphatic rings. The summed E-state index contributed by atoms with van der Waals surface area (Å²) in [5, 5.41) is 8.71. The van der Waals surface area contributed by atoms with Crippen LogP contribution in [-0.4, -0.2) is 35.5 Å². The molecule has 2 atom stereocenters. The molecule has 0 N–H and O–H groups in total. The van der Waals surface area contributed by atoms with E-state index in [4.69, 9.17) is 4.74 Å². The molecule has 2 fully saturated rings. The van der Waals surface area contributed by atoms with Crippen LogP contribution < -0.4 is 4.90 Å². The number of aromatic nitrogens is 2. The van der Waals surface area contributed by atoms with Crippen LogP contribution in [0, 0.1) is 0 Å². The third-order valence-corrected chi connectivity index (χ3v) is 3.61. The van der Waals surface area contributed by atoms with Gasteiger partial charge in [0.2, 0.25) is 0 Å². The SMILES string of the molecule is CC(C)(C)c1ccc(N2CC3CC2CO3)nn1. The first kappa shape index (κ1) is 11.0. The normalized spacial score (nSPS) is 27.8. The third-order valence-electron chi connectivity index (χ3n) is 3.61. The fourth-order valence-corrected chi connectivity index (χ4v) is 2.56. The molecule has 0 aliphatic carbocycles. The van der Waals surface area contributed by atoms with Crippen molar-refractivity contribution >= 4 is 5.82 Å². The second kappa shape index (κ2) is 3.67. The molecule has 4 heteroatoms. The maximum atomic E-state index is 5.59. The van der Waals surface area contributed by atoms with Crippen molar-refractivity contribution in [3.63, 3.8) is 0 Å². The lowest BCUT2D eigenvalue weighted by molar-refractivity contribution is 0.0988. The highest BCUT2D eigenvalue weighted by Gasteiger charge is 2.39. The summed E-state index contributed by atoms with van der Waals surface area (Å²) in [5.74, 6) is 0.994. The Bertz CT molecular complexity index is 410. The fraction of sp³-hybridized carbons (Fsp3) is 0.692. The number of hydrogen-bond donors (Lipinski definition) is 0. The summed E-state index contributed by atoms with van der Waals surface area (Å²) in [6, 6.07) is 4.69.